The zero-order valence-electron chi connectivity index (χ0n) is 20.9. The number of alkyl halides is 3. The number of benzene rings is 2. The Balaban J connectivity index is 1.58. The Morgan fingerprint density at radius 2 is 2.03 bits per heavy atom. The van der Waals surface area contributed by atoms with E-state index in [0.717, 1.165) is 23.2 Å². The Hall–Kier alpha value is -2.50. The molecule has 1 aliphatic heterocycles. The highest BCUT2D eigenvalue weighted by Gasteiger charge is 2.31. The number of ether oxygens (including phenoxy) is 2. The predicted molar refractivity (Wildman–Crippen MR) is 140 cm³/mol. The first-order valence-corrected chi connectivity index (χ1v) is 13.0. The van der Waals surface area contributed by atoms with E-state index in [-0.39, 0.29) is 36.8 Å². The molecule has 0 radical (unpaired) electrons. The second kappa shape index (κ2) is 12.8. The molecule has 37 heavy (non-hydrogen) atoms. The van der Waals surface area contributed by atoms with E-state index in [1.54, 1.807) is 12.1 Å². The van der Waals surface area contributed by atoms with Gasteiger partial charge in [-0.2, -0.15) is 13.2 Å². The summed E-state index contributed by atoms with van der Waals surface area (Å²) < 4.78 is 48.8. The van der Waals surface area contributed by atoms with E-state index < -0.39 is 18.7 Å². The highest BCUT2D eigenvalue weighted by Crippen LogP contribution is 2.37. The normalized spacial score (nSPS) is 16.0. The molecule has 0 spiro atoms. The van der Waals surface area contributed by atoms with Crippen LogP contribution in [0.2, 0.25) is 0 Å². The standard InChI is InChI=1S/C26H33BrF3N3O4/c1-16(32-6-9-36-23-14-20(27)4-5-22(23)37-15-26(28,29)30)10-18-12-19-11-17(2)33(7-3-8-34)24(19)21(13-18)25(31)35/h4-5,12-14,16-17,32,34H,3,6-11,15H2,1-2H3,(H2,31,35)/t16-,17?/m1/s1. The molecule has 4 N–H and O–H groups in total. The van der Waals surface area contributed by atoms with Crippen molar-refractivity contribution in [2.24, 2.45) is 5.73 Å². The Morgan fingerprint density at radius 1 is 1.27 bits per heavy atom. The summed E-state index contributed by atoms with van der Waals surface area (Å²) >= 11 is 3.29. The molecule has 0 fully saturated rings. The molecule has 2 aromatic rings. The molecule has 7 nitrogen and oxygen atoms in total. The highest BCUT2D eigenvalue weighted by atomic mass is 79.9. The average molecular weight is 588 g/mol. The summed E-state index contributed by atoms with van der Waals surface area (Å²) in [6, 6.07) is 8.78. The van der Waals surface area contributed by atoms with Crippen molar-refractivity contribution in [3.05, 3.63) is 51.5 Å². The van der Waals surface area contributed by atoms with Crippen LogP contribution in [0, 0.1) is 0 Å². The SMILES string of the molecule is CC1Cc2cc(C[C@@H](C)NCCOc3cc(Br)ccc3OCC(F)(F)F)cc(C(N)=O)c2N1CCCO. The molecule has 0 saturated carbocycles. The van der Waals surface area contributed by atoms with Gasteiger partial charge in [0.25, 0.3) is 5.91 Å². The van der Waals surface area contributed by atoms with Crippen molar-refractivity contribution in [2.45, 2.75) is 51.4 Å². The first kappa shape index (κ1) is 29.1. The molecule has 3 rings (SSSR count). The van der Waals surface area contributed by atoms with E-state index in [2.05, 4.69) is 39.1 Å². The number of hydrogen-bond donors (Lipinski definition) is 3. The number of anilines is 1. The molecule has 0 aromatic heterocycles. The molecule has 1 aliphatic rings. The van der Waals surface area contributed by atoms with E-state index >= 15 is 0 Å². The van der Waals surface area contributed by atoms with E-state index in [0.29, 0.717) is 36.0 Å². The van der Waals surface area contributed by atoms with Crippen LogP contribution in [0.5, 0.6) is 11.5 Å². The number of amides is 1. The minimum absolute atomic E-state index is 0.0213. The van der Waals surface area contributed by atoms with Crippen LogP contribution in [0.25, 0.3) is 0 Å². The molecule has 0 bridgehead atoms. The third-order valence-electron chi connectivity index (χ3n) is 6.10. The van der Waals surface area contributed by atoms with Crippen molar-refractivity contribution < 1.29 is 32.5 Å². The summed E-state index contributed by atoms with van der Waals surface area (Å²) in [5.41, 5.74) is 9.14. The first-order chi connectivity index (χ1) is 17.5. The smallest absolute Gasteiger partial charge is 0.422 e. The van der Waals surface area contributed by atoms with E-state index in [1.165, 1.54) is 6.07 Å². The molecular formula is C26H33BrF3N3O4. The van der Waals surface area contributed by atoms with Crippen LogP contribution in [0.15, 0.2) is 34.8 Å². The third-order valence-corrected chi connectivity index (χ3v) is 6.59. The number of nitrogens with two attached hydrogens (primary N) is 1. The highest BCUT2D eigenvalue weighted by molar-refractivity contribution is 9.10. The number of rotatable bonds is 13. The van der Waals surface area contributed by atoms with Gasteiger partial charge in [-0.15, -0.1) is 0 Å². The molecule has 0 aliphatic carbocycles. The Kier molecular flexibility index (Phi) is 10.1. The minimum Gasteiger partial charge on any atom is -0.488 e. The minimum atomic E-state index is -4.44. The Labute approximate surface area is 223 Å². The van der Waals surface area contributed by atoms with Gasteiger partial charge in [0.2, 0.25) is 0 Å². The lowest BCUT2D eigenvalue weighted by molar-refractivity contribution is -0.153. The van der Waals surface area contributed by atoms with Gasteiger partial charge in [0.1, 0.15) is 6.61 Å². The molecule has 1 amide bonds. The van der Waals surface area contributed by atoms with E-state index in [9.17, 15) is 23.1 Å². The van der Waals surface area contributed by atoms with Crippen LogP contribution in [0.3, 0.4) is 0 Å². The third kappa shape index (κ3) is 8.24. The number of carbonyl (C=O) groups is 1. The Morgan fingerprint density at radius 3 is 2.70 bits per heavy atom. The zero-order valence-corrected chi connectivity index (χ0v) is 22.5. The number of nitrogens with zero attached hydrogens (tertiary/aromatic N) is 1. The largest absolute Gasteiger partial charge is 0.488 e. The average Bonchev–Trinajstić information content (AvgIpc) is 3.13. The maximum atomic E-state index is 12.5. The fourth-order valence-electron chi connectivity index (χ4n) is 4.55. The van der Waals surface area contributed by atoms with E-state index in [1.807, 2.05) is 13.0 Å². The number of nitrogens with one attached hydrogen (secondary N) is 1. The summed E-state index contributed by atoms with van der Waals surface area (Å²) in [5, 5.41) is 12.6. The van der Waals surface area contributed by atoms with Crippen LogP contribution in [0.1, 0.15) is 41.8 Å². The lowest BCUT2D eigenvalue weighted by Crippen LogP contribution is -2.33. The zero-order chi connectivity index (χ0) is 27.2. The van der Waals surface area contributed by atoms with Gasteiger partial charge in [-0.3, -0.25) is 4.79 Å². The fraction of sp³-hybridized carbons (Fsp3) is 0.500. The van der Waals surface area contributed by atoms with Crippen molar-refractivity contribution in [1.82, 2.24) is 5.32 Å². The number of halogens is 4. The van der Waals surface area contributed by atoms with Crippen LogP contribution in [-0.4, -0.2) is 62.2 Å². The van der Waals surface area contributed by atoms with Crippen molar-refractivity contribution in [3.63, 3.8) is 0 Å². The van der Waals surface area contributed by atoms with Crippen molar-refractivity contribution in [3.8, 4) is 11.5 Å². The second-order valence-electron chi connectivity index (χ2n) is 9.24. The van der Waals surface area contributed by atoms with Gasteiger partial charge in [-0.25, -0.2) is 0 Å². The topological polar surface area (TPSA) is 97.0 Å². The number of carbonyl (C=O) groups excluding carboxylic acids is 1. The van der Waals surface area contributed by atoms with Crippen LogP contribution in [0.4, 0.5) is 18.9 Å². The molecular weight excluding hydrogens is 555 g/mol. The van der Waals surface area contributed by atoms with Gasteiger partial charge in [0.05, 0.1) is 11.3 Å². The maximum Gasteiger partial charge on any atom is 0.422 e. The summed E-state index contributed by atoms with van der Waals surface area (Å²) in [5.74, 6) is -0.238. The second-order valence-corrected chi connectivity index (χ2v) is 10.2. The fourth-order valence-corrected chi connectivity index (χ4v) is 4.89. The first-order valence-electron chi connectivity index (χ1n) is 12.2. The number of fused-ring (bicyclic) bond motifs is 1. The maximum absolute atomic E-state index is 12.5. The summed E-state index contributed by atoms with van der Waals surface area (Å²) in [7, 11) is 0. The summed E-state index contributed by atoms with van der Waals surface area (Å²) in [4.78, 5) is 14.4. The van der Waals surface area contributed by atoms with Gasteiger partial charge in [-0.1, -0.05) is 22.0 Å². The van der Waals surface area contributed by atoms with Crippen molar-refractivity contribution in [2.75, 3.05) is 37.8 Å². The molecule has 1 heterocycles. The number of primary amides is 1. The lowest BCUT2D eigenvalue weighted by Gasteiger charge is -2.26. The molecule has 11 heteroatoms. The van der Waals surface area contributed by atoms with Crippen LogP contribution < -0.4 is 25.4 Å². The van der Waals surface area contributed by atoms with Gasteiger partial charge in [0, 0.05) is 36.3 Å². The van der Waals surface area contributed by atoms with Gasteiger partial charge >= 0.3 is 6.18 Å². The molecule has 0 saturated heterocycles. The number of aliphatic hydroxyl groups excluding tert-OH is 1. The molecule has 2 atom stereocenters. The van der Waals surface area contributed by atoms with Crippen molar-refractivity contribution >= 4 is 27.5 Å². The Bertz CT molecular complexity index is 1080. The quantitative estimate of drug-likeness (QED) is 0.304. The molecule has 1 unspecified atom stereocenters. The van der Waals surface area contributed by atoms with Crippen LogP contribution in [-0.2, 0) is 12.8 Å². The molecule has 2 aromatic carbocycles. The number of aliphatic hydroxyl groups is 1. The molecule has 204 valence electrons. The van der Waals surface area contributed by atoms with Crippen molar-refractivity contribution in [1.29, 1.82) is 0 Å². The lowest BCUT2D eigenvalue weighted by atomic mass is 9.97. The van der Waals surface area contributed by atoms with E-state index in [4.69, 9.17) is 15.2 Å². The number of hydrogen-bond acceptors (Lipinski definition) is 6. The van der Waals surface area contributed by atoms with Gasteiger partial charge < -0.3 is 30.5 Å². The predicted octanol–water partition coefficient (Wildman–Crippen LogP) is 4.22. The summed E-state index contributed by atoms with van der Waals surface area (Å²) in [6.07, 6.45) is -2.38. The summed E-state index contributed by atoms with van der Waals surface area (Å²) in [6.45, 7) is 4.11. The van der Waals surface area contributed by atoms with Gasteiger partial charge in [0.15, 0.2) is 18.1 Å². The van der Waals surface area contributed by atoms with Crippen LogP contribution >= 0.6 is 15.9 Å². The monoisotopic (exact) mass is 587 g/mol. The van der Waals surface area contributed by atoms with Gasteiger partial charge in [-0.05, 0) is 68.5 Å².